The Kier molecular flexibility index (Phi) is 6.53. The molecule has 0 aromatic heterocycles. The van der Waals surface area contributed by atoms with E-state index >= 15 is 0 Å². The number of nitrogens with zero attached hydrogens (tertiary/aromatic N) is 3. The molecule has 1 aromatic rings. The van der Waals surface area contributed by atoms with Gasteiger partial charge in [-0.05, 0) is 36.8 Å². The molecule has 0 saturated heterocycles. The SMILES string of the molecule is Cc1ccc(NC(=O)COC(=O)C2=CN3CCS(=O)(=O)N=C3C=C2)cc1S(=O)(=O)N(C)C. The monoisotopic (exact) mass is 482 g/mol. The van der Waals surface area contributed by atoms with E-state index in [2.05, 4.69) is 9.71 Å². The first kappa shape index (κ1) is 23.6. The van der Waals surface area contributed by atoms with Crippen LogP contribution in [-0.2, 0) is 34.4 Å². The van der Waals surface area contributed by atoms with Gasteiger partial charge in [0.2, 0.25) is 10.0 Å². The molecule has 13 heteroatoms. The highest BCUT2D eigenvalue weighted by Crippen LogP contribution is 2.22. The van der Waals surface area contributed by atoms with E-state index < -0.39 is 38.5 Å². The summed E-state index contributed by atoms with van der Waals surface area (Å²) in [6.45, 7) is 1.19. The number of hydrogen-bond acceptors (Lipinski definition) is 8. The average molecular weight is 483 g/mol. The predicted octanol–water partition coefficient (Wildman–Crippen LogP) is 0.225. The number of esters is 1. The van der Waals surface area contributed by atoms with Crippen molar-refractivity contribution in [3.63, 3.8) is 0 Å². The lowest BCUT2D eigenvalue weighted by Gasteiger charge is -2.26. The summed E-state index contributed by atoms with van der Waals surface area (Å²) in [4.78, 5) is 26.0. The number of carbonyl (C=O) groups is 2. The molecule has 1 N–H and O–H groups in total. The molecule has 3 rings (SSSR count). The molecule has 32 heavy (non-hydrogen) atoms. The molecule has 0 bridgehead atoms. The van der Waals surface area contributed by atoms with Crippen molar-refractivity contribution < 1.29 is 31.2 Å². The second-order valence-electron chi connectivity index (χ2n) is 7.24. The first-order valence-corrected chi connectivity index (χ1v) is 12.4. The number of amides is 1. The number of hydrogen-bond donors (Lipinski definition) is 1. The van der Waals surface area contributed by atoms with E-state index in [0.717, 1.165) is 4.31 Å². The second kappa shape index (κ2) is 8.84. The van der Waals surface area contributed by atoms with Crippen LogP contribution in [0.5, 0.6) is 0 Å². The zero-order chi connectivity index (χ0) is 23.7. The van der Waals surface area contributed by atoms with Gasteiger partial charge in [-0.1, -0.05) is 6.07 Å². The Morgan fingerprint density at radius 2 is 1.97 bits per heavy atom. The topological polar surface area (TPSA) is 143 Å². The highest BCUT2D eigenvalue weighted by Gasteiger charge is 2.26. The minimum Gasteiger partial charge on any atom is -0.452 e. The van der Waals surface area contributed by atoms with E-state index in [-0.39, 0.29) is 34.3 Å². The largest absolute Gasteiger partial charge is 0.452 e. The van der Waals surface area contributed by atoms with Gasteiger partial charge >= 0.3 is 5.97 Å². The Morgan fingerprint density at radius 1 is 1.25 bits per heavy atom. The molecule has 172 valence electrons. The van der Waals surface area contributed by atoms with Crippen LogP contribution in [0.25, 0.3) is 0 Å². The minimum absolute atomic E-state index is 0.0517. The van der Waals surface area contributed by atoms with Gasteiger partial charge in [-0.15, -0.1) is 4.40 Å². The van der Waals surface area contributed by atoms with Crippen molar-refractivity contribution in [3.8, 4) is 0 Å². The fourth-order valence-corrected chi connectivity index (χ4v) is 5.00. The van der Waals surface area contributed by atoms with Gasteiger partial charge in [-0.3, -0.25) is 4.79 Å². The Morgan fingerprint density at radius 3 is 2.66 bits per heavy atom. The standard InChI is InChI=1S/C19H22N4O7S2/c1-13-4-6-15(10-16(13)32(28,29)22(2)3)20-18(24)12-30-19(25)14-5-7-17-21-31(26,27)9-8-23(17)11-14/h4-7,10-11H,8-9,12H2,1-3H3,(H,20,24). The molecule has 2 aliphatic heterocycles. The smallest absolute Gasteiger partial charge is 0.340 e. The maximum atomic E-state index is 12.4. The molecule has 2 aliphatic rings. The number of fused-ring (bicyclic) bond motifs is 1. The van der Waals surface area contributed by atoms with Crippen molar-refractivity contribution in [1.29, 1.82) is 0 Å². The molecular formula is C19H22N4O7S2. The minimum atomic E-state index is -3.69. The number of nitrogens with one attached hydrogen (secondary N) is 1. The van der Waals surface area contributed by atoms with E-state index in [1.54, 1.807) is 19.1 Å². The summed E-state index contributed by atoms with van der Waals surface area (Å²) in [5.74, 6) is -1.40. The highest BCUT2D eigenvalue weighted by molar-refractivity contribution is 7.90. The van der Waals surface area contributed by atoms with Gasteiger partial charge in [0.15, 0.2) is 6.61 Å². The van der Waals surface area contributed by atoms with Gasteiger partial charge in [-0.25, -0.2) is 25.9 Å². The van der Waals surface area contributed by atoms with Crippen molar-refractivity contribution in [2.75, 3.05) is 38.3 Å². The lowest BCUT2D eigenvalue weighted by Crippen LogP contribution is -2.37. The fourth-order valence-electron chi connectivity index (χ4n) is 2.89. The van der Waals surface area contributed by atoms with Crippen LogP contribution < -0.4 is 5.32 Å². The van der Waals surface area contributed by atoms with Crippen LogP contribution in [0.1, 0.15) is 5.56 Å². The number of carbonyl (C=O) groups excluding carboxylic acids is 2. The molecule has 0 saturated carbocycles. The third-order valence-electron chi connectivity index (χ3n) is 4.62. The number of amidine groups is 1. The normalized spacial score (nSPS) is 17.3. The van der Waals surface area contributed by atoms with Crippen molar-refractivity contribution in [2.24, 2.45) is 4.40 Å². The number of aryl methyl sites for hydroxylation is 1. The molecule has 1 aromatic carbocycles. The van der Waals surface area contributed by atoms with E-state index in [4.69, 9.17) is 4.74 Å². The molecule has 0 unspecified atom stereocenters. The summed E-state index contributed by atoms with van der Waals surface area (Å²) in [6, 6.07) is 4.44. The van der Waals surface area contributed by atoms with Crippen molar-refractivity contribution in [3.05, 3.63) is 47.7 Å². The van der Waals surface area contributed by atoms with E-state index in [1.165, 1.54) is 43.4 Å². The summed E-state index contributed by atoms with van der Waals surface area (Å²) in [5.41, 5.74) is 0.891. The number of benzene rings is 1. The lowest BCUT2D eigenvalue weighted by molar-refractivity contribution is -0.143. The van der Waals surface area contributed by atoms with Gasteiger partial charge in [0.1, 0.15) is 5.84 Å². The fraction of sp³-hybridized carbons (Fsp3) is 0.316. The second-order valence-corrected chi connectivity index (χ2v) is 11.1. The highest BCUT2D eigenvalue weighted by atomic mass is 32.2. The molecular weight excluding hydrogens is 460 g/mol. The van der Waals surface area contributed by atoms with Crippen LogP contribution in [0.2, 0.25) is 0 Å². The Hall–Kier alpha value is -3.03. The third kappa shape index (κ3) is 5.23. The van der Waals surface area contributed by atoms with Gasteiger partial charge in [0.05, 0.1) is 16.2 Å². The van der Waals surface area contributed by atoms with Crippen LogP contribution in [0.3, 0.4) is 0 Å². The molecule has 0 aliphatic carbocycles. The van der Waals surface area contributed by atoms with Gasteiger partial charge in [0, 0.05) is 32.5 Å². The first-order chi connectivity index (χ1) is 14.9. The van der Waals surface area contributed by atoms with Gasteiger partial charge < -0.3 is 15.0 Å². The van der Waals surface area contributed by atoms with Crippen molar-refractivity contribution in [2.45, 2.75) is 11.8 Å². The van der Waals surface area contributed by atoms with Crippen LogP contribution in [0.15, 0.2) is 51.4 Å². The maximum absolute atomic E-state index is 12.4. The van der Waals surface area contributed by atoms with E-state index in [1.807, 2.05) is 0 Å². The number of rotatable bonds is 6. The van der Waals surface area contributed by atoms with Crippen LogP contribution >= 0.6 is 0 Å². The van der Waals surface area contributed by atoms with Crippen molar-refractivity contribution in [1.82, 2.24) is 9.21 Å². The Labute approximate surface area is 186 Å². The molecule has 0 atom stereocenters. The maximum Gasteiger partial charge on any atom is 0.340 e. The van der Waals surface area contributed by atoms with E-state index in [9.17, 15) is 26.4 Å². The summed E-state index contributed by atoms with van der Waals surface area (Å²) in [5, 5.41) is 2.50. The number of ether oxygens (including phenoxy) is 1. The summed E-state index contributed by atoms with van der Waals surface area (Å²) in [7, 11) is -4.38. The van der Waals surface area contributed by atoms with E-state index in [0.29, 0.717) is 5.56 Å². The zero-order valence-corrected chi connectivity index (χ0v) is 19.2. The molecule has 0 fully saturated rings. The summed E-state index contributed by atoms with van der Waals surface area (Å²) in [6.07, 6.45) is 4.15. The third-order valence-corrected chi connectivity index (χ3v) is 7.75. The zero-order valence-electron chi connectivity index (χ0n) is 17.6. The Bertz CT molecular complexity index is 1260. The first-order valence-electron chi connectivity index (χ1n) is 9.38. The van der Waals surface area contributed by atoms with Gasteiger partial charge in [-0.2, -0.15) is 0 Å². The lowest BCUT2D eigenvalue weighted by atomic mass is 10.2. The summed E-state index contributed by atoms with van der Waals surface area (Å²) >= 11 is 0. The van der Waals surface area contributed by atoms with Gasteiger partial charge in [0.25, 0.3) is 15.9 Å². The molecule has 2 heterocycles. The summed E-state index contributed by atoms with van der Waals surface area (Å²) < 4.78 is 57.6. The van der Waals surface area contributed by atoms with Crippen LogP contribution in [0.4, 0.5) is 5.69 Å². The average Bonchev–Trinajstić information content (AvgIpc) is 2.72. The number of anilines is 1. The molecule has 0 spiro atoms. The quantitative estimate of drug-likeness (QED) is 0.568. The number of sulfonamides is 2. The van der Waals surface area contributed by atoms with Crippen LogP contribution in [-0.4, -0.2) is 76.8 Å². The molecule has 0 radical (unpaired) electrons. The van der Waals surface area contributed by atoms with Crippen molar-refractivity contribution >= 4 is 43.4 Å². The predicted molar refractivity (Wildman–Crippen MR) is 117 cm³/mol. The molecule has 1 amide bonds. The molecule has 11 nitrogen and oxygen atoms in total. The van der Waals surface area contributed by atoms with Crippen LogP contribution in [0, 0.1) is 6.92 Å². The Balaban J connectivity index is 1.62.